The fourth-order valence-electron chi connectivity index (χ4n) is 5.02. The Morgan fingerprint density at radius 1 is 0.567 bits per heavy atom. The Balaban J connectivity index is 2.74. The quantitative estimate of drug-likeness (QED) is 0.148. The van der Waals surface area contributed by atoms with Crippen molar-refractivity contribution in [2.75, 3.05) is 0 Å². The van der Waals surface area contributed by atoms with Crippen molar-refractivity contribution in [1.29, 1.82) is 0 Å². The normalized spacial score (nSPS) is 12.3. The van der Waals surface area contributed by atoms with Crippen molar-refractivity contribution in [2.45, 2.75) is 149 Å². The highest BCUT2D eigenvalue weighted by Crippen LogP contribution is 2.32. The molecule has 0 spiro atoms. The highest BCUT2D eigenvalue weighted by Gasteiger charge is 2.25. The molecular weight excluding hydrogens is 359 g/mol. The molecule has 0 aliphatic rings. The van der Waals surface area contributed by atoms with E-state index in [9.17, 15) is 0 Å². The van der Waals surface area contributed by atoms with E-state index in [-0.39, 0.29) is 0 Å². The van der Waals surface area contributed by atoms with Gasteiger partial charge in [0.1, 0.15) is 6.71 Å². The monoisotopic (exact) mass is 412 g/mol. The molecule has 0 amide bonds. The molecule has 0 saturated carbocycles. The van der Waals surface area contributed by atoms with Crippen LogP contribution in [0.5, 0.6) is 0 Å². The summed E-state index contributed by atoms with van der Waals surface area (Å²) < 4.78 is 0. The molecule has 0 aromatic heterocycles. The maximum Gasteiger partial charge on any atom is 0.148 e. The van der Waals surface area contributed by atoms with E-state index in [1.807, 2.05) is 0 Å². The third kappa shape index (κ3) is 12.9. The second-order valence-electron chi connectivity index (χ2n) is 9.89. The Morgan fingerprint density at radius 3 is 1.47 bits per heavy atom. The first kappa shape index (κ1) is 27.3. The van der Waals surface area contributed by atoms with Gasteiger partial charge in [0.2, 0.25) is 0 Å². The second-order valence-corrected chi connectivity index (χ2v) is 9.89. The lowest BCUT2D eigenvalue weighted by Crippen LogP contribution is -2.24. The standard InChI is InChI=1S/C29H53B/c1-5-8-11-14-17-20-29(28-23-21-27(4)22-24-28)30(25-18-15-12-9-6-2)26-19-16-13-10-7-3/h21-24,29H,5-20,25-26H2,1-4H3. The minimum atomic E-state index is 0.782. The molecule has 1 unspecified atom stereocenters. The zero-order valence-corrected chi connectivity index (χ0v) is 21.2. The zero-order chi connectivity index (χ0) is 21.9. The van der Waals surface area contributed by atoms with Crippen LogP contribution in [0, 0.1) is 6.92 Å². The van der Waals surface area contributed by atoms with Crippen molar-refractivity contribution >= 4 is 6.71 Å². The Labute approximate surface area is 191 Å². The van der Waals surface area contributed by atoms with E-state index >= 15 is 0 Å². The SMILES string of the molecule is CCCCCCCB(CCCCCCC)C(CCCCCCC)c1ccc(C)cc1. The molecule has 172 valence electrons. The lowest BCUT2D eigenvalue weighted by Gasteiger charge is -2.26. The smallest absolute Gasteiger partial charge is 0.0736 e. The van der Waals surface area contributed by atoms with Crippen molar-refractivity contribution in [3.63, 3.8) is 0 Å². The van der Waals surface area contributed by atoms with E-state index in [2.05, 4.69) is 52.0 Å². The van der Waals surface area contributed by atoms with Gasteiger partial charge in [0, 0.05) is 0 Å². The van der Waals surface area contributed by atoms with E-state index in [1.165, 1.54) is 121 Å². The second kappa shape index (κ2) is 19.0. The van der Waals surface area contributed by atoms with Crippen LogP contribution in [0.2, 0.25) is 12.6 Å². The molecular formula is C29H53B. The van der Waals surface area contributed by atoms with Crippen LogP contribution in [0.25, 0.3) is 0 Å². The summed E-state index contributed by atoms with van der Waals surface area (Å²) in [5.74, 6) is 0.782. The molecule has 1 aromatic rings. The van der Waals surface area contributed by atoms with Gasteiger partial charge in [-0.3, -0.25) is 0 Å². The van der Waals surface area contributed by atoms with E-state index in [0.29, 0.717) is 0 Å². The van der Waals surface area contributed by atoms with Gasteiger partial charge in [-0.15, -0.1) is 0 Å². The summed E-state index contributed by atoms with van der Waals surface area (Å²) in [7, 11) is 0. The molecule has 0 aliphatic carbocycles. The summed E-state index contributed by atoms with van der Waals surface area (Å²) in [4.78, 5) is 0. The summed E-state index contributed by atoms with van der Waals surface area (Å²) in [5, 5.41) is 0. The van der Waals surface area contributed by atoms with Crippen LogP contribution in [0.4, 0.5) is 0 Å². The predicted molar refractivity (Wildman–Crippen MR) is 140 cm³/mol. The molecule has 30 heavy (non-hydrogen) atoms. The third-order valence-electron chi connectivity index (χ3n) is 7.05. The molecule has 0 aliphatic heterocycles. The van der Waals surface area contributed by atoms with Crippen molar-refractivity contribution < 1.29 is 0 Å². The Hall–Kier alpha value is -0.715. The first-order valence-electron chi connectivity index (χ1n) is 13.8. The molecule has 0 N–H and O–H groups in total. The first-order valence-corrected chi connectivity index (χ1v) is 13.8. The lowest BCUT2D eigenvalue weighted by atomic mass is 9.34. The van der Waals surface area contributed by atoms with Gasteiger partial charge in [-0.2, -0.15) is 0 Å². The minimum Gasteiger partial charge on any atom is -0.0736 e. The van der Waals surface area contributed by atoms with Gasteiger partial charge in [-0.1, -0.05) is 172 Å². The van der Waals surface area contributed by atoms with Crippen molar-refractivity contribution in [1.82, 2.24) is 0 Å². The van der Waals surface area contributed by atoms with Crippen LogP contribution in [0.15, 0.2) is 24.3 Å². The van der Waals surface area contributed by atoms with E-state index < -0.39 is 0 Å². The van der Waals surface area contributed by atoms with Gasteiger partial charge in [-0.25, -0.2) is 0 Å². The van der Waals surface area contributed by atoms with E-state index in [1.54, 1.807) is 5.56 Å². The zero-order valence-electron chi connectivity index (χ0n) is 21.2. The Kier molecular flexibility index (Phi) is 17.3. The maximum atomic E-state index is 2.45. The van der Waals surface area contributed by atoms with Crippen LogP contribution in [0.1, 0.15) is 140 Å². The van der Waals surface area contributed by atoms with E-state index in [4.69, 9.17) is 0 Å². The van der Waals surface area contributed by atoms with Gasteiger partial charge in [0.25, 0.3) is 0 Å². The molecule has 1 rings (SSSR count). The third-order valence-corrected chi connectivity index (χ3v) is 7.05. The van der Waals surface area contributed by atoms with Crippen LogP contribution in [-0.2, 0) is 0 Å². The molecule has 0 fully saturated rings. The van der Waals surface area contributed by atoms with Crippen LogP contribution in [-0.4, -0.2) is 6.71 Å². The van der Waals surface area contributed by atoms with Gasteiger partial charge < -0.3 is 0 Å². The first-order chi connectivity index (χ1) is 14.7. The summed E-state index contributed by atoms with van der Waals surface area (Å²) in [5.41, 5.74) is 3.03. The summed E-state index contributed by atoms with van der Waals surface area (Å²) in [6.07, 6.45) is 25.5. The average molecular weight is 413 g/mol. The molecule has 0 heterocycles. The van der Waals surface area contributed by atoms with Gasteiger partial charge >= 0.3 is 0 Å². The molecule has 1 aromatic carbocycles. The van der Waals surface area contributed by atoms with Gasteiger partial charge in [0.05, 0.1) is 0 Å². The molecule has 0 bridgehead atoms. The number of aryl methyl sites for hydroxylation is 1. The number of hydrogen-bond acceptors (Lipinski definition) is 0. The number of unbranched alkanes of at least 4 members (excludes halogenated alkanes) is 12. The van der Waals surface area contributed by atoms with E-state index in [0.717, 1.165) is 12.5 Å². The number of hydrogen-bond donors (Lipinski definition) is 0. The Bertz CT molecular complexity index is 464. The lowest BCUT2D eigenvalue weighted by molar-refractivity contribution is 0.591. The minimum absolute atomic E-state index is 0.782. The Morgan fingerprint density at radius 2 is 1.00 bits per heavy atom. The maximum absolute atomic E-state index is 2.45. The largest absolute Gasteiger partial charge is 0.148 e. The molecule has 0 nitrogen and oxygen atoms in total. The van der Waals surface area contributed by atoms with Crippen LogP contribution in [0.3, 0.4) is 0 Å². The van der Waals surface area contributed by atoms with Crippen molar-refractivity contribution in [2.24, 2.45) is 0 Å². The summed E-state index contributed by atoms with van der Waals surface area (Å²) in [6, 6.07) is 9.60. The van der Waals surface area contributed by atoms with Gasteiger partial charge in [-0.05, 0) is 12.7 Å². The van der Waals surface area contributed by atoms with Crippen molar-refractivity contribution in [3.05, 3.63) is 35.4 Å². The highest BCUT2D eigenvalue weighted by molar-refractivity contribution is 6.60. The van der Waals surface area contributed by atoms with Crippen LogP contribution >= 0.6 is 0 Å². The highest BCUT2D eigenvalue weighted by atomic mass is 14.1. The molecule has 1 atom stereocenters. The topological polar surface area (TPSA) is 0 Å². The molecule has 0 radical (unpaired) electrons. The number of rotatable bonds is 20. The fourth-order valence-corrected chi connectivity index (χ4v) is 5.02. The van der Waals surface area contributed by atoms with Crippen LogP contribution < -0.4 is 0 Å². The van der Waals surface area contributed by atoms with Crippen molar-refractivity contribution in [3.8, 4) is 0 Å². The average Bonchev–Trinajstić information content (AvgIpc) is 2.76. The molecule has 0 saturated heterocycles. The van der Waals surface area contributed by atoms with Gasteiger partial charge in [0.15, 0.2) is 0 Å². The predicted octanol–water partition coefficient (Wildman–Crippen LogP) is 10.4. The number of benzene rings is 1. The summed E-state index contributed by atoms with van der Waals surface area (Å²) >= 11 is 0. The fraction of sp³-hybridized carbons (Fsp3) is 0.793. The molecule has 1 heteroatoms. The summed E-state index contributed by atoms with van der Waals surface area (Å²) in [6.45, 7) is 10.1.